The van der Waals surface area contributed by atoms with E-state index in [0.29, 0.717) is 71.0 Å². The first kappa shape index (κ1) is 35.4. The number of hydrogen-bond acceptors (Lipinski definition) is 10. The summed E-state index contributed by atoms with van der Waals surface area (Å²) >= 11 is 0. The fourth-order valence-corrected chi connectivity index (χ4v) is 7.84. The minimum absolute atomic E-state index is 0.0845. The number of aliphatic carboxylic acids is 1. The summed E-state index contributed by atoms with van der Waals surface area (Å²) in [4.78, 5) is 25.3. The molecule has 4 heterocycles. The van der Waals surface area contributed by atoms with Crippen LogP contribution in [0, 0.1) is 31.1 Å². The van der Waals surface area contributed by atoms with Crippen LogP contribution in [-0.4, -0.2) is 74.8 Å². The predicted octanol–water partition coefficient (Wildman–Crippen LogP) is 7.53. The Morgan fingerprint density at radius 2 is 1.63 bits per heavy atom. The number of aromatic nitrogens is 2. The number of halogens is 2. The number of benzene rings is 4. The number of fused-ring (bicyclic) bond motifs is 2. The van der Waals surface area contributed by atoms with E-state index in [0.717, 1.165) is 46.5 Å². The second kappa shape index (κ2) is 14.3. The number of rotatable bonds is 11. The van der Waals surface area contributed by atoms with Crippen LogP contribution >= 0.6 is 0 Å². The molecule has 0 bridgehead atoms. The Labute approximate surface area is 309 Å². The molecule has 1 atom stereocenters. The smallest absolute Gasteiger partial charge is 0.387 e. The second-order valence-corrected chi connectivity index (χ2v) is 14.1. The lowest BCUT2D eigenvalue weighted by atomic mass is 9.91. The van der Waals surface area contributed by atoms with Crippen LogP contribution in [0.1, 0.15) is 40.7 Å². The molecule has 2 saturated heterocycles. The van der Waals surface area contributed by atoms with Gasteiger partial charge in [0, 0.05) is 61.5 Å². The molecule has 2 aliphatic rings. The topological polar surface area (TPSA) is 149 Å². The van der Waals surface area contributed by atoms with E-state index in [-0.39, 0.29) is 30.4 Å². The lowest BCUT2D eigenvalue weighted by Crippen LogP contribution is -2.47. The molecule has 11 nitrogen and oxygen atoms in total. The highest BCUT2D eigenvalue weighted by molar-refractivity contribution is 5.86. The van der Waals surface area contributed by atoms with E-state index in [9.17, 15) is 29.1 Å². The SMILES string of the molecule is Cc1c(-c2nc3cc(CN4CCC[C@H]4C(=O)O)c(OC(F)F)cc3o2)cccc1-c1cccc(-c2nc3cc(CN4CC(CO)C4)cc(C#N)c3o2)c1C. The van der Waals surface area contributed by atoms with Crippen LogP contribution in [0.2, 0.25) is 0 Å². The Hall–Kier alpha value is -5.68. The Balaban J connectivity index is 1.12. The predicted molar refractivity (Wildman–Crippen MR) is 196 cm³/mol. The number of carboxylic acids is 1. The number of alkyl halides is 2. The Bertz CT molecular complexity index is 2450. The van der Waals surface area contributed by atoms with E-state index in [4.69, 9.17) is 23.5 Å². The highest BCUT2D eigenvalue weighted by atomic mass is 19.3. The number of likely N-dealkylation sites (tertiary alicyclic amines) is 2. The highest BCUT2D eigenvalue weighted by Gasteiger charge is 2.32. The molecule has 8 rings (SSSR count). The molecule has 0 aliphatic carbocycles. The standard InChI is InChI=1S/C41H37F2N5O6/c1-22-28(29-7-4-9-31(23(29)2)39-46-33-13-24(12-26(16-44)37(33)54-39)17-47-18-25(19-47)21-49)6-3-8-30(22)38-45-32-14-27(20-48-11-5-10-34(48)40(50)51)35(53-41(42)43)15-36(32)52-38/h3-4,6-9,12-15,25,34,41,49H,5,10-11,17-21H2,1-2H3,(H,50,51)/t34-/m0/s1. The van der Waals surface area contributed by atoms with Gasteiger partial charge in [-0.3, -0.25) is 14.6 Å². The summed E-state index contributed by atoms with van der Waals surface area (Å²) in [7, 11) is 0. The van der Waals surface area contributed by atoms with Gasteiger partial charge in [-0.15, -0.1) is 0 Å². The van der Waals surface area contributed by atoms with Gasteiger partial charge in [-0.25, -0.2) is 9.97 Å². The number of nitriles is 1. The van der Waals surface area contributed by atoms with Crippen molar-refractivity contribution in [3.8, 4) is 45.9 Å². The molecule has 0 saturated carbocycles. The molecular weight excluding hydrogens is 696 g/mol. The van der Waals surface area contributed by atoms with Crippen molar-refractivity contribution < 1.29 is 37.4 Å². The Morgan fingerprint density at radius 1 is 0.963 bits per heavy atom. The zero-order chi connectivity index (χ0) is 37.7. The molecule has 2 aromatic heterocycles. The van der Waals surface area contributed by atoms with Gasteiger partial charge in [-0.05, 0) is 91.4 Å². The fraction of sp³-hybridized carbons (Fsp3) is 0.317. The van der Waals surface area contributed by atoms with Crippen molar-refractivity contribution in [2.24, 2.45) is 5.92 Å². The minimum Gasteiger partial charge on any atom is -0.480 e. The van der Waals surface area contributed by atoms with Crippen molar-refractivity contribution in [1.29, 1.82) is 5.26 Å². The van der Waals surface area contributed by atoms with Gasteiger partial charge in [0.05, 0.1) is 5.56 Å². The first-order chi connectivity index (χ1) is 26.1. The number of nitrogens with zero attached hydrogens (tertiary/aromatic N) is 5. The quantitative estimate of drug-likeness (QED) is 0.136. The molecule has 6 aromatic rings. The van der Waals surface area contributed by atoms with E-state index in [1.807, 2.05) is 62.4 Å². The largest absolute Gasteiger partial charge is 0.480 e. The molecular formula is C41H37F2N5O6. The zero-order valence-corrected chi connectivity index (χ0v) is 29.7. The van der Waals surface area contributed by atoms with Gasteiger partial charge in [0.15, 0.2) is 11.2 Å². The van der Waals surface area contributed by atoms with Crippen molar-refractivity contribution in [2.45, 2.75) is 52.4 Å². The van der Waals surface area contributed by atoms with Gasteiger partial charge in [0.2, 0.25) is 11.8 Å². The first-order valence-corrected chi connectivity index (χ1v) is 17.8. The van der Waals surface area contributed by atoms with Gasteiger partial charge in [0.25, 0.3) is 0 Å². The average molecular weight is 734 g/mol. The monoisotopic (exact) mass is 733 g/mol. The van der Waals surface area contributed by atoms with E-state index < -0.39 is 18.6 Å². The Morgan fingerprint density at radius 3 is 2.28 bits per heavy atom. The van der Waals surface area contributed by atoms with E-state index >= 15 is 0 Å². The van der Waals surface area contributed by atoms with Crippen molar-refractivity contribution in [3.63, 3.8) is 0 Å². The second-order valence-electron chi connectivity index (χ2n) is 14.1. The summed E-state index contributed by atoms with van der Waals surface area (Å²) in [5.74, 6) is -0.0471. The fourth-order valence-electron chi connectivity index (χ4n) is 7.84. The molecule has 0 spiro atoms. The maximum absolute atomic E-state index is 13.5. The van der Waals surface area contributed by atoms with Gasteiger partial charge in [0.1, 0.15) is 28.9 Å². The van der Waals surface area contributed by atoms with E-state index in [1.165, 1.54) is 6.07 Å². The number of ether oxygens (including phenoxy) is 1. The van der Waals surface area contributed by atoms with Gasteiger partial charge in [-0.2, -0.15) is 14.0 Å². The van der Waals surface area contributed by atoms with Crippen LogP contribution in [0.3, 0.4) is 0 Å². The van der Waals surface area contributed by atoms with Crippen molar-refractivity contribution in [1.82, 2.24) is 19.8 Å². The number of hydrogen-bond donors (Lipinski definition) is 2. The Kier molecular flexibility index (Phi) is 9.35. The third-order valence-corrected chi connectivity index (χ3v) is 10.6. The summed E-state index contributed by atoms with van der Waals surface area (Å²) < 4.78 is 44.3. The molecule has 0 unspecified atom stereocenters. The summed E-state index contributed by atoms with van der Waals surface area (Å²) in [6.07, 6.45) is 1.18. The van der Waals surface area contributed by atoms with Crippen molar-refractivity contribution in [3.05, 3.63) is 88.5 Å². The van der Waals surface area contributed by atoms with E-state index in [1.54, 1.807) is 11.0 Å². The van der Waals surface area contributed by atoms with Crippen molar-refractivity contribution >= 4 is 28.2 Å². The maximum Gasteiger partial charge on any atom is 0.387 e. The summed E-state index contributed by atoms with van der Waals surface area (Å²) in [5.41, 5.74) is 8.61. The summed E-state index contributed by atoms with van der Waals surface area (Å²) in [6, 6.07) is 20.0. The highest BCUT2D eigenvalue weighted by Crippen LogP contribution is 2.39. The zero-order valence-electron chi connectivity index (χ0n) is 29.7. The molecule has 4 aromatic carbocycles. The lowest BCUT2D eigenvalue weighted by Gasteiger charge is -2.38. The third kappa shape index (κ3) is 6.57. The van der Waals surface area contributed by atoms with Crippen LogP contribution in [0.25, 0.3) is 56.2 Å². The minimum atomic E-state index is -3.08. The van der Waals surface area contributed by atoms with Crippen LogP contribution in [0.15, 0.2) is 69.5 Å². The first-order valence-electron chi connectivity index (χ1n) is 17.8. The number of carbonyl (C=O) groups is 1. The third-order valence-electron chi connectivity index (χ3n) is 10.6. The van der Waals surface area contributed by atoms with Gasteiger partial charge in [-0.1, -0.05) is 24.3 Å². The normalized spacial score (nSPS) is 16.7. The average Bonchev–Trinajstić information content (AvgIpc) is 3.88. The maximum atomic E-state index is 13.5. The van der Waals surface area contributed by atoms with Crippen molar-refractivity contribution in [2.75, 3.05) is 26.2 Å². The number of carboxylic acid groups (broad SMARTS) is 1. The number of aliphatic hydroxyl groups is 1. The molecule has 13 heteroatoms. The molecule has 0 radical (unpaired) electrons. The van der Waals surface area contributed by atoms with E-state index in [2.05, 4.69) is 11.0 Å². The van der Waals surface area contributed by atoms with Gasteiger partial charge >= 0.3 is 12.6 Å². The molecule has 0 amide bonds. The summed E-state index contributed by atoms with van der Waals surface area (Å²) in [6.45, 7) is 3.97. The number of oxazole rings is 2. The van der Waals surface area contributed by atoms with Gasteiger partial charge < -0.3 is 23.8 Å². The molecule has 2 aliphatic heterocycles. The van der Waals surface area contributed by atoms with Crippen LogP contribution in [0.4, 0.5) is 8.78 Å². The number of aliphatic hydroxyl groups excluding tert-OH is 1. The summed E-state index contributed by atoms with van der Waals surface area (Å²) in [5, 5.41) is 29.0. The lowest BCUT2D eigenvalue weighted by molar-refractivity contribution is -0.142. The van der Waals surface area contributed by atoms with Crippen LogP contribution in [-0.2, 0) is 17.9 Å². The van der Waals surface area contributed by atoms with Crippen LogP contribution in [0.5, 0.6) is 5.75 Å². The molecule has 54 heavy (non-hydrogen) atoms. The molecule has 2 N–H and O–H groups in total. The van der Waals surface area contributed by atoms with Crippen LogP contribution < -0.4 is 4.74 Å². The molecule has 2 fully saturated rings. The molecule has 276 valence electrons.